The highest BCUT2D eigenvalue weighted by atomic mass is 32.2. The lowest BCUT2D eigenvalue weighted by molar-refractivity contribution is -0.121. The van der Waals surface area contributed by atoms with Gasteiger partial charge in [0.15, 0.2) is 0 Å². The van der Waals surface area contributed by atoms with Gasteiger partial charge in [-0.3, -0.25) is 4.79 Å². The van der Waals surface area contributed by atoms with E-state index in [0.717, 1.165) is 15.4 Å². The summed E-state index contributed by atoms with van der Waals surface area (Å²) in [7, 11) is -6.26. The van der Waals surface area contributed by atoms with Crippen molar-refractivity contribution in [2.75, 3.05) is 20.2 Å². The van der Waals surface area contributed by atoms with Crippen molar-refractivity contribution in [1.82, 2.24) is 14.5 Å². The number of methoxy groups -OCH3 is 1. The Hall–Kier alpha value is -4.30. The van der Waals surface area contributed by atoms with E-state index in [-0.39, 0.29) is 28.6 Å². The van der Waals surface area contributed by atoms with E-state index in [4.69, 9.17) is 9.15 Å². The number of ether oxygens (including phenoxy) is 1. The molecule has 4 rings (SSSR count). The van der Waals surface area contributed by atoms with Gasteiger partial charge in [0, 0.05) is 6.54 Å². The third-order valence-corrected chi connectivity index (χ3v) is 9.62. The number of amides is 1. The minimum atomic E-state index is -4.02. The molecule has 0 aliphatic carbocycles. The summed E-state index contributed by atoms with van der Waals surface area (Å²) in [5.74, 6) is 0.448. The maximum absolute atomic E-state index is 13.4. The molecule has 0 radical (unpaired) electrons. The molecule has 2 N–H and O–H groups in total. The van der Waals surface area contributed by atoms with Gasteiger partial charge in [-0.25, -0.2) is 27.0 Å². The van der Waals surface area contributed by atoms with Crippen LogP contribution < -0.4 is 14.9 Å². The Balaban J connectivity index is 1.37. The van der Waals surface area contributed by atoms with Gasteiger partial charge in [0.05, 0.1) is 36.2 Å². The molecule has 4 aromatic rings. The summed E-state index contributed by atoms with van der Waals surface area (Å²) in [4.78, 5) is 12.9. The number of carbonyl (C=O) groups is 1. The number of benzene rings is 3. The van der Waals surface area contributed by atoms with Crippen molar-refractivity contribution in [3.8, 4) is 5.75 Å². The largest absolute Gasteiger partial charge is 0.497 e. The molecule has 0 fully saturated rings. The summed E-state index contributed by atoms with van der Waals surface area (Å²) in [6.45, 7) is 1.37. The van der Waals surface area contributed by atoms with E-state index in [0.29, 0.717) is 17.9 Å². The zero-order valence-electron chi connectivity index (χ0n) is 23.6. The lowest BCUT2D eigenvalue weighted by Crippen LogP contribution is -2.40. The van der Waals surface area contributed by atoms with Crippen LogP contribution in [0.5, 0.6) is 5.75 Å². The normalized spacial score (nSPS) is 12.1. The number of nitrogens with one attached hydrogen (secondary N) is 2. The van der Waals surface area contributed by atoms with Crippen LogP contribution in [-0.2, 0) is 37.8 Å². The SMILES string of the molecule is COc1ccc(S(=O)(=O)N(CCc2ccccc2)CC(=O)N/N=C\c2ccc(CNS(=O)(=O)c3ccc(C)cc3)o2)cc1. The first-order valence-electron chi connectivity index (χ1n) is 13.2. The number of rotatable bonds is 14. The van der Waals surface area contributed by atoms with Crippen LogP contribution in [0.25, 0.3) is 0 Å². The van der Waals surface area contributed by atoms with E-state index in [1.807, 2.05) is 37.3 Å². The van der Waals surface area contributed by atoms with Crippen LogP contribution in [0.15, 0.2) is 110 Å². The fourth-order valence-corrected chi connectivity index (χ4v) is 6.36. The van der Waals surface area contributed by atoms with Crippen LogP contribution in [0, 0.1) is 6.92 Å². The maximum atomic E-state index is 13.4. The van der Waals surface area contributed by atoms with Gasteiger partial charge in [0.2, 0.25) is 20.0 Å². The first-order chi connectivity index (χ1) is 20.6. The van der Waals surface area contributed by atoms with Gasteiger partial charge >= 0.3 is 0 Å². The van der Waals surface area contributed by atoms with E-state index in [1.54, 1.807) is 24.3 Å². The van der Waals surface area contributed by atoms with Gasteiger partial charge in [-0.15, -0.1) is 0 Å². The molecule has 1 heterocycles. The molecule has 3 aromatic carbocycles. The van der Waals surface area contributed by atoms with Crippen LogP contribution in [0.3, 0.4) is 0 Å². The van der Waals surface area contributed by atoms with E-state index in [1.165, 1.54) is 49.7 Å². The highest BCUT2D eigenvalue weighted by Gasteiger charge is 2.26. The highest BCUT2D eigenvalue weighted by molar-refractivity contribution is 7.89. The Bertz CT molecular complexity index is 1750. The number of hydrogen-bond acceptors (Lipinski definition) is 8. The molecule has 0 aliphatic heterocycles. The lowest BCUT2D eigenvalue weighted by Gasteiger charge is -2.21. The van der Waals surface area contributed by atoms with Gasteiger partial charge in [0.1, 0.15) is 17.3 Å². The Morgan fingerprint density at radius 3 is 2.26 bits per heavy atom. The number of carbonyl (C=O) groups excluding carboxylic acids is 1. The first-order valence-corrected chi connectivity index (χ1v) is 16.1. The van der Waals surface area contributed by atoms with Gasteiger partial charge in [0.25, 0.3) is 5.91 Å². The smallest absolute Gasteiger partial charge is 0.255 e. The van der Waals surface area contributed by atoms with E-state index in [9.17, 15) is 21.6 Å². The molecule has 0 saturated heterocycles. The van der Waals surface area contributed by atoms with Crippen molar-refractivity contribution in [3.05, 3.63) is 114 Å². The lowest BCUT2D eigenvalue weighted by atomic mass is 10.1. The zero-order chi connectivity index (χ0) is 30.9. The average molecular weight is 625 g/mol. The van der Waals surface area contributed by atoms with Gasteiger partial charge in [-0.05, 0) is 67.4 Å². The number of hydrazone groups is 1. The molecule has 0 aliphatic rings. The topological polar surface area (TPSA) is 147 Å². The van der Waals surface area contributed by atoms with E-state index < -0.39 is 32.5 Å². The Kier molecular flexibility index (Phi) is 10.5. The first kappa shape index (κ1) is 31.6. The number of sulfonamides is 2. The van der Waals surface area contributed by atoms with Crippen LogP contribution in [0.4, 0.5) is 0 Å². The van der Waals surface area contributed by atoms with Crippen molar-refractivity contribution in [2.45, 2.75) is 29.7 Å². The molecule has 1 amide bonds. The second-order valence-corrected chi connectivity index (χ2v) is 13.2. The summed E-state index contributed by atoms with van der Waals surface area (Å²) < 4.78 is 66.1. The van der Waals surface area contributed by atoms with Crippen LogP contribution in [0.2, 0.25) is 0 Å². The summed E-state index contributed by atoms with van der Waals surface area (Å²) >= 11 is 0. The molecule has 43 heavy (non-hydrogen) atoms. The van der Waals surface area contributed by atoms with Gasteiger partial charge in [-0.1, -0.05) is 48.0 Å². The third kappa shape index (κ3) is 8.85. The summed E-state index contributed by atoms with van der Waals surface area (Å²) in [6, 6.07) is 24.9. The second-order valence-electron chi connectivity index (χ2n) is 9.48. The number of aryl methyl sites for hydroxylation is 1. The number of hydrogen-bond donors (Lipinski definition) is 2. The summed E-state index contributed by atoms with van der Waals surface area (Å²) in [5.41, 5.74) is 4.19. The molecule has 0 saturated carbocycles. The van der Waals surface area contributed by atoms with Crippen molar-refractivity contribution in [2.24, 2.45) is 5.10 Å². The zero-order valence-corrected chi connectivity index (χ0v) is 25.3. The minimum absolute atomic E-state index is 0.0266. The van der Waals surface area contributed by atoms with E-state index in [2.05, 4.69) is 15.2 Å². The fourth-order valence-electron chi connectivity index (χ4n) is 3.97. The summed E-state index contributed by atoms with van der Waals surface area (Å²) in [6.07, 6.45) is 1.64. The standard InChI is InChI=1S/C30H32N4O7S2/c1-23-8-14-28(15-9-23)42(36,37)32-21-27-11-10-26(41-27)20-31-33-30(35)22-34(19-18-24-6-4-3-5-7-24)43(38,39)29-16-12-25(40-2)13-17-29/h3-17,20,32H,18-19,21-22H2,1-2H3,(H,33,35)/b31-20-. The van der Waals surface area contributed by atoms with Gasteiger partial charge in [-0.2, -0.15) is 9.41 Å². The molecule has 0 unspecified atom stereocenters. The number of nitrogens with zero attached hydrogens (tertiary/aromatic N) is 2. The molecule has 0 bridgehead atoms. The molecule has 11 nitrogen and oxygen atoms in total. The van der Waals surface area contributed by atoms with Crippen molar-refractivity contribution in [1.29, 1.82) is 0 Å². The number of furan rings is 1. The second kappa shape index (κ2) is 14.2. The van der Waals surface area contributed by atoms with E-state index >= 15 is 0 Å². The van der Waals surface area contributed by atoms with Crippen molar-refractivity contribution in [3.63, 3.8) is 0 Å². The minimum Gasteiger partial charge on any atom is -0.497 e. The van der Waals surface area contributed by atoms with Crippen LogP contribution >= 0.6 is 0 Å². The molecule has 0 spiro atoms. The third-order valence-electron chi connectivity index (χ3n) is 6.34. The molecular weight excluding hydrogens is 592 g/mol. The summed E-state index contributed by atoms with van der Waals surface area (Å²) in [5, 5.41) is 3.87. The van der Waals surface area contributed by atoms with Crippen LogP contribution in [-0.4, -0.2) is 53.5 Å². The van der Waals surface area contributed by atoms with Crippen LogP contribution in [0.1, 0.15) is 22.6 Å². The van der Waals surface area contributed by atoms with Crippen molar-refractivity contribution >= 4 is 32.2 Å². The Morgan fingerprint density at radius 1 is 0.907 bits per heavy atom. The Morgan fingerprint density at radius 2 is 1.58 bits per heavy atom. The monoisotopic (exact) mass is 624 g/mol. The van der Waals surface area contributed by atoms with Crippen molar-refractivity contribution < 1.29 is 30.8 Å². The highest BCUT2D eigenvalue weighted by Crippen LogP contribution is 2.20. The average Bonchev–Trinajstić information content (AvgIpc) is 3.46. The molecule has 0 atom stereocenters. The predicted octanol–water partition coefficient (Wildman–Crippen LogP) is 3.46. The fraction of sp³-hybridized carbons (Fsp3) is 0.200. The van der Waals surface area contributed by atoms with Gasteiger partial charge < -0.3 is 9.15 Å². The molecule has 226 valence electrons. The molecule has 1 aromatic heterocycles. The Labute approximate surface area is 251 Å². The molecule has 13 heteroatoms. The maximum Gasteiger partial charge on any atom is 0.255 e. The molecular formula is C30H32N4O7S2. The quantitative estimate of drug-likeness (QED) is 0.161. The predicted molar refractivity (Wildman–Crippen MR) is 162 cm³/mol.